The van der Waals surface area contributed by atoms with Crippen LogP contribution in [0.1, 0.15) is 29.5 Å². The summed E-state index contributed by atoms with van der Waals surface area (Å²) in [6, 6.07) is 9.52. The van der Waals surface area contributed by atoms with Gasteiger partial charge in [-0.15, -0.1) is 11.3 Å². The Balaban J connectivity index is 1.25. The number of thiophene rings is 1. The van der Waals surface area contributed by atoms with Gasteiger partial charge in [0, 0.05) is 23.5 Å². The normalized spacial score (nSPS) is 16.6. The van der Waals surface area contributed by atoms with Crippen LogP contribution in [0.2, 0.25) is 0 Å². The fraction of sp³-hybridized carbons (Fsp3) is 0.364. The van der Waals surface area contributed by atoms with E-state index in [1.165, 1.54) is 17.0 Å². The highest BCUT2D eigenvalue weighted by atomic mass is 32.1. The van der Waals surface area contributed by atoms with Crippen molar-refractivity contribution in [3.8, 4) is 11.4 Å². The van der Waals surface area contributed by atoms with E-state index in [9.17, 15) is 14.0 Å². The quantitative estimate of drug-likeness (QED) is 0.565. The van der Waals surface area contributed by atoms with Crippen molar-refractivity contribution in [2.45, 2.75) is 25.2 Å². The topological polar surface area (TPSA) is 100 Å². The summed E-state index contributed by atoms with van der Waals surface area (Å²) in [5, 5.41) is 11.0. The van der Waals surface area contributed by atoms with Gasteiger partial charge in [-0.2, -0.15) is 4.98 Å². The number of imide groups is 1. The predicted molar refractivity (Wildman–Crippen MR) is 118 cm³/mol. The molecule has 1 fully saturated rings. The first-order valence-corrected chi connectivity index (χ1v) is 11.4. The van der Waals surface area contributed by atoms with Crippen LogP contribution in [0.25, 0.3) is 11.4 Å². The molecule has 3 aromatic rings. The minimum absolute atomic E-state index is 0.0222. The second-order valence-electron chi connectivity index (χ2n) is 7.67. The summed E-state index contributed by atoms with van der Waals surface area (Å²) in [7, 11) is 0. The molecule has 0 bridgehead atoms. The van der Waals surface area contributed by atoms with Crippen LogP contribution in [0.15, 0.2) is 46.3 Å². The maximum Gasteiger partial charge on any atom is 0.321 e. The lowest BCUT2D eigenvalue weighted by atomic mass is 9.98. The number of hydrogen-bond donors (Lipinski definition) is 2. The van der Waals surface area contributed by atoms with Gasteiger partial charge in [0.15, 0.2) is 0 Å². The zero-order chi connectivity index (χ0) is 22.3. The molecule has 0 spiro atoms. The Labute approximate surface area is 188 Å². The van der Waals surface area contributed by atoms with Crippen LogP contribution < -0.4 is 10.6 Å². The monoisotopic (exact) mass is 457 g/mol. The van der Waals surface area contributed by atoms with Gasteiger partial charge < -0.3 is 9.84 Å². The van der Waals surface area contributed by atoms with Crippen LogP contribution in [-0.4, -0.2) is 53.2 Å². The van der Waals surface area contributed by atoms with E-state index in [0.29, 0.717) is 30.4 Å². The fourth-order valence-corrected chi connectivity index (χ4v) is 4.42. The number of hydrogen-bond acceptors (Lipinski definition) is 7. The minimum atomic E-state index is -0.489. The molecule has 1 aromatic carbocycles. The molecular weight excluding hydrogens is 433 g/mol. The number of amides is 3. The maximum atomic E-state index is 13.5. The van der Waals surface area contributed by atoms with E-state index >= 15 is 0 Å². The molecule has 3 amide bonds. The Morgan fingerprint density at radius 3 is 3.00 bits per heavy atom. The largest absolute Gasteiger partial charge is 0.339 e. The Kier molecular flexibility index (Phi) is 7.23. The van der Waals surface area contributed by atoms with E-state index in [2.05, 4.69) is 20.8 Å². The summed E-state index contributed by atoms with van der Waals surface area (Å²) in [6.07, 6.45) is 2.45. The average Bonchev–Trinajstić information content (AvgIpc) is 3.46. The van der Waals surface area contributed by atoms with Gasteiger partial charge >= 0.3 is 6.03 Å². The molecule has 0 saturated carbocycles. The van der Waals surface area contributed by atoms with Crippen LogP contribution in [0.5, 0.6) is 0 Å². The molecule has 2 aromatic heterocycles. The molecule has 168 valence electrons. The second-order valence-corrected chi connectivity index (χ2v) is 8.71. The van der Waals surface area contributed by atoms with Crippen molar-refractivity contribution < 1.29 is 18.5 Å². The third-order valence-corrected chi connectivity index (χ3v) is 6.17. The number of carbonyl (C=O) groups is 2. The average molecular weight is 458 g/mol. The van der Waals surface area contributed by atoms with E-state index in [-0.39, 0.29) is 24.2 Å². The third-order valence-electron chi connectivity index (χ3n) is 5.24. The Morgan fingerprint density at radius 2 is 2.19 bits per heavy atom. The number of halogens is 1. The molecule has 8 nitrogen and oxygen atoms in total. The van der Waals surface area contributed by atoms with E-state index in [0.717, 1.165) is 25.8 Å². The molecule has 32 heavy (non-hydrogen) atoms. The van der Waals surface area contributed by atoms with Gasteiger partial charge in [0.2, 0.25) is 17.6 Å². The zero-order valence-electron chi connectivity index (χ0n) is 17.4. The Hall–Kier alpha value is -3.11. The lowest BCUT2D eigenvalue weighted by molar-refractivity contribution is -0.121. The van der Waals surface area contributed by atoms with Crippen LogP contribution in [0.3, 0.4) is 0 Å². The molecule has 4 rings (SSSR count). The summed E-state index contributed by atoms with van der Waals surface area (Å²) in [6.45, 7) is 1.89. The van der Waals surface area contributed by atoms with Crippen molar-refractivity contribution >= 4 is 23.3 Å². The lowest BCUT2D eigenvalue weighted by Gasteiger charge is -2.30. The molecule has 1 aliphatic heterocycles. The molecule has 1 saturated heterocycles. The highest BCUT2D eigenvalue weighted by molar-refractivity contribution is 7.09. The number of rotatable bonds is 7. The molecule has 1 unspecified atom stereocenters. The van der Waals surface area contributed by atoms with E-state index in [1.807, 2.05) is 22.4 Å². The number of nitrogens with zero attached hydrogens (tertiary/aromatic N) is 3. The first-order chi connectivity index (χ1) is 15.6. The highest BCUT2D eigenvalue weighted by Crippen LogP contribution is 2.27. The summed E-state index contributed by atoms with van der Waals surface area (Å²) >= 11 is 1.63. The molecule has 1 atom stereocenters. The van der Waals surface area contributed by atoms with Crippen LogP contribution in [-0.2, 0) is 11.2 Å². The summed E-state index contributed by atoms with van der Waals surface area (Å²) in [4.78, 5) is 31.8. The molecule has 10 heteroatoms. The van der Waals surface area contributed by atoms with Gasteiger partial charge in [0.25, 0.3) is 0 Å². The summed E-state index contributed by atoms with van der Waals surface area (Å²) in [5.41, 5.74) is 0.553. The Morgan fingerprint density at radius 1 is 1.28 bits per heavy atom. The van der Waals surface area contributed by atoms with Gasteiger partial charge in [0.1, 0.15) is 5.82 Å². The first-order valence-electron chi connectivity index (χ1n) is 10.5. The molecule has 0 aliphatic carbocycles. The van der Waals surface area contributed by atoms with Crippen LogP contribution >= 0.6 is 11.3 Å². The van der Waals surface area contributed by atoms with Gasteiger partial charge in [-0.05, 0) is 49.4 Å². The van der Waals surface area contributed by atoms with Crippen LogP contribution in [0, 0.1) is 5.82 Å². The molecule has 2 N–H and O–H groups in total. The third kappa shape index (κ3) is 5.98. The summed E-state index contributed by atoms with van der Waals surface area (Å²) < 4.78 is 18.9. The van der Waals surface area contributed by atoms with Crippen molar-refractivity contribution in [2.75, 3.05) is 26.2 Å². The Bertz CT molecular complexity index is 1060. The smallest absolute Gasteiger partial charge is 0.321 e. The predicted octanol–water partition coefficient (Wildman–Crippen LogP) is 3.19. The van der Waals surface area contributed by atoms with Crippen molar-refractivity contribution in [1.82, 2.24) is 25.7 Å². The second kappa shape index (κ2) is 10.5. The lowest BCUT2D eigenvalue weighted by Crippen LogP contribution is -2.46. The molecule has 0 radical (unpaired) electrons. The van der Waals surface area contributed by atoms with Crippen LogP contribution in [0.4, 0.5) is 9.18 Å². The number of urea groups is 1. The summed E-state index contributed by atoms with van der Waals surface area (Å²) in [5.74, 6) is 0.0739. The molecule has 3 heterocycles. The highest BCUT2D eigenvalue weighted by Gasteiger charge is 2.27. The van der Waals surface area contributed by atoms with Gasteiger partial charge in [0.05, 0.1) is 12.5 Å². The number of carbonyl (C=O) groups excluding carboxylic acids is 2. The van der Waals surface area contributed by atoms with Crippen molar-refractivity contribution in [3.05, 3.63) is 58.4 Å². The van der Waals surface area contributed by atoms with Gasteiger partial charge in [-0.3, -0.25) is 15.0 Å². The molecular formula is C22H24FN5O3S. The first kappa shape index (κ1) is 22.1. The van der Waals surface area contributed by atoms with Crippen molar-refractivity contribution in [1.29, 1.82) is 0 Å². The number of aromatic nitrogens is 2. The van der Waals surface area contributed by atoms with Gasteiger partial charge in [-0.1, -0.05) is 23.4 Å². The number of piperidine rings is 1. The maximum absolute atomic E-state index is 13.5. The van der Waals surface area contributed by atoms with E-state index in [1.54, 1.807) is 23.5 Å². The van der Waals surface area contributed by atoms with E-state index in [4.69, 9.17) is 4.52 Å². The van der Waals surface area contributed by atoms with E-state index < -0.39 is 6.03 Å². The minimum Gasteiger partial charge on any atom is -0.339 e. The molecule has 1 aliphatic rings. The zero-order valence-corrected chi connectivity index (χ0v) is 18.2. The number of benzene rings is 1. The standard InChI is InChI=1S/C22H24FN5O3S/c23-17-6-1-4-15(12-17)20-26-21(31-27-20)16-5-2-10-28(13-16)14-19(29)25-22(30)24-9-8-18-7-3-11-32-18/h1,3-4,6-7,11-12,16H,2,5,8-10,13-14H2,(H2,24,25,29,30). The number of likely N-dealkylation sites (tertiary alicyclic amines) is 1. The number of nitrogens with one attached hydrogen (secondary N) is 2. The van der Waals surface area contributed by atoms with Crippen molar-refractivity contribution in [2.24, 2.45) is 0 Å². The van der Waals surface area contributed by atoms with Gasteiger partial charge in [-0.25, -0.2) is 9.18 Å². The van der Waals surface area contributed by atoms with Crippen molar-refractivity contribution in [3.63, 3.8) is 0 Å². The SMILES string of the molecule is O=C(CN1CCCC(c2nc(-c3cccc(F)c3)no2)C1)NC(=O)NCCc1cccs1. The fourth-order valence-electron chi connectivity index (χ4n) is 3.71.